The Morgan fingerprint density at radius 2 is 2.00 bits per heavy atom. The molecule has 0 saturated carbocycles. The SMILES string of the molecule is CCC(Nc1cc(F)c(S(=O)(=O)Nc2nccs2)cc1Cl)c1ccccc1. The molecular formula is C18H17ClFN3O2S2. The first-order valence-electron chi connectivity index (χ1n) is 8.13. The van der Waals surface area contributed by atoms with Gasteiger partial charge in [0.2, 0.25) is 0 Å². The highest BCUT2D eigenvalue weighted by Gasteiger charge is 2.23. The number of sulfonamides is 1. The fourth-order valence-corrected chi connectivity index (χ4v) is 4.74. The highest BCUT2D eigenvalue weighted by atomic mass is 35.5. The molecule has 5 nitrogen and oxygen atoms in total. The van der Waals surface area contributed by atoms with Gasteiger partial charge in [-0.2, -0.15) is 0 Å². The molecule has 9 heteroatoms. The first-order chi connectivity index (χ1) is 12.9. The van der Waals surface area contributed by atoms with Crippen LogP contribution < -0.4 is 10.0 Å². The van der Waals surface area contributed by atoms with Crippen molar-refractivity contribution in [2.45, 2.75) is 24.3 Å². The Morgan fingerprint density at radius 3 is 2.63 bits per heavy atom. The molecule has 2 aromatic carbocycles. The molecule has 1 heterocycles. The highest BCUT2D eigenvalue weighted by molar-refractivity contribution is 7.93. The summed E-state index contributed by atoms with van der Waals surface area (Å²) in [7, 11) is -4.13. The number of aromatic nitrogens is 1. The highest BCUT2D eigenvalue weighted by Crippen LogP contribution is 2.32. The Labute approximate surface area is 166 Å². The lowest BCUT2D eigenvalue weighted by atomic mass is 10.0. The minimum Gasteiger partial charge on any atom is -0.377 e. The average Bonchev–Trinajstić information content (AvgIpc) is 3.15. The lowest BCUT2D eigenvalue weighted by Crippen LogP contribution is -2.15. The summed E-state index contributed by atoms with van der Waals surface area (Å²) in [6, 6.07) is 11.8. The monoisotopic (exact) mass is 425 g/mol. The number of nitrogens with one attached hydrogen (secondary N) is 2. The number of hydrogen-bond acceptors (Lipinski definition) is 5. The molecule has 1 unspecified atom stereocenters. The zero-order chi connectivity index (χ0) is 19.4. The van der Waals surface area contributed by atoms with Crippen molar-refractivity contribution in [2.24, 2.45) is 0 Å². The Morgan fingerprint density at radius 1 is 1.26 bits per heavy atom. The van der Waals surface area contributed by atoms with E-state index in [9.17, 15) is 12.8 Å². The van der Waals surface area contributed by atoms with Gasteiger partial charge in [-0.15, -0.1) is 11.3 Å². The van der Waals surface area contributed by atoms with Gasteiger partial charge in [-0.3, -0.25) is 4.72 Å². The Balaban J connectivity index is 1.88. The van der Waals surface area contributed by atoms with E-state index in [1.54, 1.807) is 5.38 Å². The number of anilines is 2. The van der Waals surface area contributed by atoms with Crippen LogP contribution in [0.5, 0.6) is 0 Å². The number of benzene rings is 2. The van der Waals surface area contributed by atoms with Gasteiger partial charge in [-0.05, 0) is 24.1 Å². The predicted octanol–water partition coefficient (Wildman–Crippen LogP) is 5.30. The van der Waals surface area contributed by atoms with Gasteiger partial charge in [0.25, 0.3) is 10.0 Å². The van der Waals surface area contributed by atoms with Crippen molar-refractivity contribution in [2.75, 3.05) is 10.0 Å². The Hall–Kier alpha value is -2.16. The second-order valence-corrected chi connectivity index (χ2v) is 8.67. The Bertz CT molecular complexity index is 1010. The summed E-state index contributed by atoms with van der Waals surface area (Å²) in [6.07, 6.45) is 2.20. The second-order valence-electron chi connectivity index (χ2n) is 5.72. The van der Waals surface area contributed by atoms with Gasteiger partial charge < -0.3 is 5.32 Å². The van der Waals surface area contributed by atoms with Gasteiger partial charge in [-0.25, -0.2) is 17.8 Å². The number of nitrogens with zero attached hydrogens (tertiary/aromatic N) is 1. The van der Waals surface area contributed by atoms with Crippen molar-refractivity contribution in [1.82, 2.24) is 4.98 Å². The maximum absolute atomic E-state index is 14.6. The van der Waals surface area contributed by atoms with E-state index in [0.717, 1.165) is 35.5 Å². The second kappa shape index (κ2) is 8.24. The molecule has 0 radical (unpaired) electrons. The number of thiazole rings is 1. The van der Waals surface area contributed by atoms with Crippen LogP contribution in [0.25, 0.3) is 0 Å². The standard InChI is InChI=1S/C18H17ClFN3O2S2/c1-2-15(12-6-4-3-5-7-12)22-16-11-14(20)17(10-13(16)19)27(24,25)23-18-21-8-9-26-18/h3-11,15,22H,2H2,1H3,(H,21,23). The van der Waals surface area contributed by atoms with Crippen molar-refractivity contribution in [3.63, 3.8) is 0 Å². The van der Waals surface area contributed by atoms with Gasteiger partial charge in [0.05, 0.1) is 16.8 Å². The zero-order valence-corrected chi connectivity index (χ0v) is 16.7. The van der Waals surface area contributed by atoms with Gasteiger partial charge in [0, 0.05) is 11.6 Å². The predicted molar refractivity (Wildman–Crippen MR) is 107 cm³/mol. The molecule has 0 aliphatic carbocycles. The minimum absolute atomic E-state index is 0.0843. The molecule has 0 fully saturated rings. The lowest BCUT2D eigenvalue weighted by Gasteiger charge is -2.20. The van der Waals surface area contributed by atoms with E-state index in [-0.39, 0.29) is 16.2 Å². The normalized spacial score (nSPS) is 12.6. The molecular weight excluding hydrogens is 409 g/mol. The summed E-state index contributed by atoms with van der Waals surface area (Å²) >= 11 is 7.34. The summed E-state index contributed by atoms with van der Waals surface area (Å²) in [5.41, 5.74) is 1.36. The van der Waals surface area contributed by atoms with Crippen molar-refractivity contribution in [3.8, 4) is 0 Å². The van der Waals surface area contributed by atoms with Crippen LogP contribution in [0.3, 0.4) is 0 Å². The molecule has 0 spiro atoms. The van der Waals surface area contributed by atoms with Crippen LogP contribution in [0, 0.1) is 5.82 Å². The zero-order valence-electron chi connectivity index (χ0n) is 14.3. The Kier molecular flexibility index (Phi) is 5.98. The van der Waals surface area contributed by atoms with E-state index in [1.165, 1.54) is 6.20 Å². The largest absolute Gasteiger partial charge is 0.377 e. The molecule has 0 amide bonds. The quantitative estimate of drug-likeness (QED) is 0.538. The molecule has 0 bridgehead atoms. The van der Waals surface area contributed by atoms with Crippen molar-refractivity contribution in [1.29, 1.82) is 0 Å². The average molecular weight is 426 g/mol. The smallest absolute Gasteiger partial charge is 0.266 e. The van der Waals surface area contributed by atoms with Gasteiger partial charge in [-0.1, -0.05) is 48.9 Å². The van der Waals surface area contributed by atoms with Crippen molar-refractivity contribution in [3.05, 3.63) is 70.4 Å². The third-order valence-electron chi connectivity index (χ3n) is 3.91. The van der Waals surface area contributed by atoms with E-state index in [0.29, 0.717) is 5.69 Å². The van der Waals surface area contributed by atoms with Crippen LogP contribution in [0.15, 0.2) is 58.9 Å². The molecule has 2 N–H and O–H groups in total. The van der Waals surface area contributed by atoms with Crippen LogP contribution in [-0.2, 0) is 10.0 Å². The molecule has 1 atom stereocenters. The maximum atomic E-state index is 14.6. The molecule has 3 aromatic rings. The van der Waals surface area contributed by atoms with Crippen molar-refractivity contribution < 1.29 is 12.8 Å². The third kappa shape index (κ3) is 4.58. The molecule has 1 aromatic heterocycles. The number of hydrogen-bond donors (Lipinski definition) is 2. The fraction of sp³-hybridized carbons (Fsp3) is 0.167. The molecule has 3 rings (SSSR count). The van der Waals surface area contributed by atoms with Gasteiger partial charge in [0.1, 0.15) is 10.7 Å². The first-order valence-corrected chi connectivity index (χ1v) is 10.9. The number of halogens is 2. The van der Waals surface area contributed by atoms with Crippen molar-refractivity contribution >= 4 is 43.8 Å². The molecule has 142 valence electrons. The van der Waals surface area contributed by atoms with E-state index in [2.05, 4.69) is 15.0 Å². The fourth-order valence-electron chi connectivity index (χ4n) is 2.58. The van der Waals surface area contributed by atoms with E-state index >= 15 is 0 Å². The lowest BCUT2D eigenvalue weighted by molar-refractivity contribution is 0.570. The van der Waals surface area contributed by atoms with Crippen LogP contribution in [0.2, 0.25) is 5.02 Å². The molecule has 0 aliphatic rings. The summed E-state index contributed by atoms with van der Waals surface area (Å²) in [5, 5.41) is 5.07. The van der Waals surface area contributed by atoms with Crippen LogP contribution in [-0.4, -0.2) is 13.4 Å². The van der Waals surface area contributed by atoms with E-state index in [1.807, 2.05) is 37.3 Å². The van der Waals surface area contributed by atoms with Crippen LogP contribution in [0.4, 0.5) is 15.2 Å². The topological polar surface area (TPSA) is 71.1 Å². The van der Waals surface area contributed by atoms with Gasteiger partial charge >= 0.3 is 0 Å². The maximum Gasteiger partial charge on any atom is 0.266 e. The molecule has 27 heavy (non-hydrogen) atoms. The summed E-state index contributed by atoms with van der Waals surface area (Å²) < 4.78 is 41.7. The molecule has 0 aliphatic heterocycles. The summed E-state index contributed by atoms with van der Waals surface area (Å²) in [6.45, 7) is 1.99. The first kappa shape index (κ1) is 19.6. The summed E-state index contributed by atoms with van der Waals surface area (Å²) in [5.74, 6) is -0.895. The third-order valence-corrected chi connectivity index (χ3v) is 6.39. The molecule has 0 saturated heterocycles. The van der Waals surface area contributed by atoms with E-state index < -0.39 is 20.7 Å². The van der Waals surface area contributed by atoms with E-state index in [4.69, 9.17) is 11.6 Å². The van der Waals surface area contributed by atoms with Crippen LogP contribution in [0.1, 0.15) is 24.9 Å². The minimum atomic E-state index is -4.13. The summed E-state index contributed by atoms with van der Waals surface area (Å²) in [4.78, 5) is 3.31. The van der Waals surface area contributed by atoms with Crippen LogP contribution >= 0.6 is 22.9 Å². The van der Waals surface area contributed by atoms with Gasteiger partial charge in [0.15, 0.2) is 5.13 Å². The number of rotatable bonds is 7.